The van der Waals surface area contributed by atoms with Gasteiger partial charge in [0.2, 0.25) is 11.8 Å². The van der Waals surface area contributed by atoms with Crippen molar-refractivity contribution in [3.8, 4) is 5.88 Å². The molecular formula is C18H22F3N3O4. The van der Waals surface area contributed by atoms with E-state index in [0.717, 1.165) is 25.0 Å². The predicted octanol–water partition coefficient (Wildman–Crippen LogP) is 1.87. The van der Waals surface area contributed by atoms with Gasteiger partial charge in [0.15, 0.2) is 0 Å². The SMILES string of the molecule is CN(C)C(=O)CC1(NC(=O)c2ccc(C(F)(F)F)c(OCC3CC3)n2)COC1. The minimum atomic E-state index is -4.64. The first-order valence-corrected chi connectivity index (χ1v) is 8.91. The van der Waals surface area contributed by atoms with Gasteiger partial charge in [-0.2, -0.15) is 13.2 Å². The number of nitrogens with one attached hydrogen (secondary N) is 1. The van der Waals surface area contributed by atoms with Crippen molar-refractivity contribution < 1.29 is 32.2 Å². The number of nitrogens with zero attached hydrogens (tertiary/aromatic N) is 2. The van der Waals surface area contributed by atoms with Gasteiger partial charge in [-0.05, 0) is 30.9 Å². The summed E-state index contributed by atoms with van der Waals surface area (Å²) in [7, 11) is 3.19. The maximum absolute atomic E-state index is 13.2. The number of aromatic nitrogens is 1. The van der Waals surface area contributed by atoms with Crippen LogP contribution in [0.3, 0.4) is 0 Å². The lowest BCUT2D eigenvalue weighted by Crippen LogP contribution is -2.63. The van der Waals surface area contributed by atoms with Gasteiger partial charge in [0.25, 0.3) is 5.91 Å². The first-order valence-electron chi connectivity index (χ1n) is 8.91. The predicted molar refractivity (Wildman–Crippen MR) is 91.8 cm³/mol. The number of carbonyl (C=O) groups excluding carboxylic acids is 2. The number of halogens is 3. The number of ether oxygens (including phenoxy) is 2. The number of hydrogen-bond acceptors (Lipinski definition) is 5. The van der Waals surface area contributed by atoms with Gasteiger partial charge >= 0.3 is 6.18 Å². The second-order valence-corrected chi connectivity index (χ2v) is 7.49. The molecule has 0 spiro atoms. The zero-order chi connectivity index (χ0) is 20.5. The van der Waals surface area contributed by atoms with E-state index in [4.69, 9.17) is 9.47 Å². The van der Waals surface area contributed by atoms with Gasteiger partial charge in [0.1, 0.15) is 11.3 Å². The molecule has 2 fully saturated rings. The molecule has 2 aliphatic rings. The Morgan fingerprint density at radius 1 is 1.32 bits per heavy atom. The van der Waals surface area contributed by atoms with E-state index >= 15 is 0 Å². The third-order valence-corrected chi connectivity index (χ3v) is 4.67. The summed E-state index contributed by atoms with van der Waals surface area (Å²) < 4.78 is 50.0. The lowest BCUT2D eigenvalue weighted by atomic mass is 9.92. The number of amides is 2. The molecule has 1 aromatic heterocycles. The van der Waals surface area contributed by atoms with Crippen LogP contribution in [0.15, 0.2) is 12.1 Å². The Balaban J connectivity index is 1.76. The summed E-state index contributed by atoms with van der Waals surface area (Å²) in [6.07, 6.45) is -2.80. The molecule has 2 amide bonds. The Morgan fingerprint density at radius 2 is 2.00 bits per heavy atom. The highest BCUT2D eigenvalue weighted by Gasteiger charge is 2.43. The molecule has 0 atom stereocenters. The van der Waals surface area contributed by atoms with E-state index in [-0.39, 0.29) is 43.8 Å². The lowest BCUT2D eigenvalue weighted by molar-refractivity contribution is -0.139. The van der Waals surface area contributed by atoms with Crippen LogP contribution in [0.2, 0.25) is 0 Å². The van der Waals surface area contributed by atoms with Crippen LogP contribution >= 0.6 is 0 Å². The third-order valence-electron chi connectivity index (χ3n) is 4.67. The zero-order valence-electron chi connectivity index (χ0n) is 15.6. The molecule has 3 rings (SSSR count). The minimum Gasteiger partial charge on any atom is -0.477 e. The van der Waals surface area contributed by atoms with Gasteiger partial charge in [0, 0.05) is 14.1 Å². The quantitative estimate of drug-likeness (QED) is 0.755. The maximum atomic E-state index is 13.2. The van der Waals surface area contributed by atoms with Gasteiger partial charge in [-0.3, -0.25) is 9.59 Å². The van der Waals surface area contributed by atoms with Crippen LogP contribution in [0, 0.1) is 5.92 Å². The summed E-state index contributed by atoms with van der Waals surface area (Å²) in [5.74, 6) is -1.25. The van der Waals surface area contributed by atoms with Gasteiger partial charge in [0.05, 0.1) is 31.8 Å². The van der Waals surface area contributed by atoms with Gasteiger partial charge in [-0.1, -0.05) is 0 Å². The van der Waals surface area contributed by atoms with Crippen LogP contribution in [-0.2, 0) is 15.7 Å². The fourth-order valence-electron chi connectivity index (χ4n) is 2.69. The molecule has 0 aromatic carbocycles. The highest BCUT2D eigenvalue weighted by Crippen LogP contribution is 2.37. The van der Waals surface area contributed by atoms with Gasteiger partial charge in [-0.15, -0.1) is 0 Å². The zero-order valence-corrected chi connectivity index (χ0v) is 15.6. The molecule has 7 nitrogen and oxygen atoms in total. The second-order valence-electron chi connectivity index (χ2n) is 7.49. The Morgan fingerprint density at radius 3 is 2.50 bits per heavy atom. The van der Waals surface area contributed by atoms with E-state index in [2.05, 4.69) is 10.3 Å². The first-order chi connectivity index (χ1) is 13.1. The number of carbonyl (C=O) groups is 2. The number of hydrogen-bond donors (Lipinski definition) is 1. The Kier molecular flexibility index (Phi) is 5.51. The van der Waals surface area contributed by atoms with Crippen molar-refractivity contribution in [3.05, 3.63) is 23.4 Å². The first kappa shape index (κ1) is 20.4. The van der Waals surface area contributed by atoms with Crippen LogP contribution in [0.4, 0.5) is 13.2 Å². The molecule has 154 valence electrons. The van der Waals surface area contributed by atoms with Crippen molar-refractivity contribution >= 4 is 11.8 Å². The van der Waals surface area contributed by atoms with Crippen molar-refractivity contribution in [2.45, 2.75) is 31.0 Å². The maximum Gasteiger partial charge on any atom is 0.421 e. The molecule has 1 aliphatic carbocycles. The number of pyridine rings is 1. The largest absolute Gasteiger partial charge is 0.477 e. The average molecular weight is 401 g/mol. The van der Waals surface area contributed by atoms with Gasteiger partial charge < -0.3 is 19.7 Å². The third kappa shape index (κ3) is 4.73. The monoisotopic (exact) mass is 401 g/mol. The molecular weight excluding hydrogens is 379 g/mol. The number of rotatable bonds is 7. The normalized spacial score (nSPS) is 18.2. The van der Waals surface area contributed by atoms with Crippen LogP contribution in [-0.4, -0.2) is 61.2 Å². The summed E-state index contributed by atoms with van der Waals surface area (Å²) in [5, 5.41) is 2.68. The van der Waals surface area contributed by atoms with Crippen LogP contribution in [0.1, 0.15) is 35.3 Å². The van der Waals surface area contributed by atoms with Crippen LogP contribution in [0.25, 0.3) is 0 Å². The molecule has 28 heavy (non-hydrogen) atoms. The van der Waals surface area contributed by atoms with E-state index in [1.54, 1.807) is 14.1 Å². The molecule has 1 N–H and O–H groups in total. The van der Waals surface area contributed by atoms with Gasteiger partial charge in [-0.25, -0.2) is 4.98 Å². The van der Waals surface area contributed by atoms with E-state index in [1.807, 2.05) is 0 Å². The molecule has 1 saturated heterocycles. The highest BCUT2D eigenvalue weighted by atomic mass is 19.4. The molecule has 0 radical (unpaired) electrons. The molecule has 10 heteroatoms. The van der Waals surface area contributed by atoms with E-state index < -0.39 is 29.1 Å². The smallest absolute Gasteiger partial charge is 0.421 e. The summed E-state index contributed by atoms with van der Waals surface area (Å²) in [4.78, 5) is 29.8. The van der Waals surface area contributed by atoms with E-state index in [9.17, 15) is 22.8 Å². The van der Waals surface area contributed by atoms with Crippen molar-refractivity contribution in [3.63, 3.8) is 0 Å². The summed E-state index contributed by atoms with van der Waals surface area (Å²) >= 11 is 0. The molecule has 0 unspecified atom stereocenters. The summed E-state index contributed by atoms with van der Waals surface area (Å²) in [6, 6.07) is 1.79. The topological polar surface area (TPSA) is 80.8 Å². The summed E-state index contributed by atoms with van der Waals surface area (Å²) in [5.41, 5.74) is -2.12. The van der Waals surface area contributed by atoms with E-state index in [0.29, 0.717) is 0 Å². The lowest BCUT2D eigenvalue weighted by Gasteiger charge is -2.41. The Labute approximate surface area is 160 Å². The van der Waals surface area contributed by atoms with E-state index in [1.165, 1.54) is 4.90 Å². The summed E-state index contributed by atoms with van der Waals surface area (Å²) in [6.45, 7) is 0.421. The molecule has 0 bridgehead atoms. The number of alkyl halides is 3. The standard InChI is InChI=1S/C18H22F3N3O4/c1-24(2)14(25)7-17(9-27-10-17)23-15(26)13-6-5-12(18(19,20)21)16(22-13)28-8-11-3-4-11/h5-6,11H,3-4,7-10H2,1-2H3,(H,23,26). The minimum absolute atomic E-state index is 0.0252. The Bertz CT molecular complexity index is 759. The average Bonchev–Trinajstić information content (AvgIpc) is 3.40. The molecule has 2 heterocycles. The fraction of sp³-hybridized carbons (Fsp3) is 0.611. The molecule has 1 aromatic rings. The van der Waals surface area contributed by atoms with Crippen molar-refractivity contribution in [2.75, 3.05) is 33.9 Å². The van der Waals surface area contributed by atoms with Crippen molar-refractivity contribution in [1.29, 1.82) is 0 Å². The Hall–Kier alpha value is -2.36. The second kappa shape index (κ2) is 7.57. The fourth-order valence-corrected chi connectivity index (χ4v) is 2.69. The van der Waals surface area contributed by atoms with Crippen molar-refractivity contribution in [2.24, 2.45) is 5.92 Å². The van der Waals surface area contributed by atoms with Crippen molar-refractivity contribution in [1.82, 2.24) is 15.2 Å². The molecule has 1 aliphatic heterocycles. The van der Waals surface area contributed by atoms with Crippen LogP contribution < -0.4 is 10.1 Å². The molecule has 1 saturated carbocycles. The van der Waals surface area contributed by atoms with Crippen LogP contribution in [0.5, 0.6) is 5.88 Å². The highest BCUT2D eigenvalue weighted by molar-refractivity contribution is 5.93.